The van der Waals surface area contributed by atoms with Gasteiger partial charge < -0.3 is 18.9 Å². The maximum Gasteiger partial charge on any atom is 0.334 e. The smallest absolute Gasteiger partial charge is 0.334 e. The maximum atomic E-state index is 11.3. The number of ether oxygens (including phenoxy) is 4. The number of hydrogen-bond acceptors (Lipinski definition) is 7. The van der Waals surface area contributed by atoms with Crippen LogP contribution in [0.2, 0.25) is 0 Å². The van der Waals surface area contributed by atoms with Gasteiger partial charge in [0.1, 0.15) is 5.76 Å². The molecule has 0 N–H and O–H groups in total. The number of esters is 3. The molecule has 0 amide bonds. The molecule has 0 aromatic rings. The molecule has 0 aliphatic heterocycles. The molecular formula is C13H20O7. The summed E-state index contributed by atoms with van der Waals surface area (Å²) in [5.74, 6) is -1.55. The van der Waals surface area contributed by atoms with Gasteiger partial charge in [0.25, 0.3) is 0 Å². The lowest BCUT2D eigenvalue weighted by Gasteiger charge is -2.30. The maximum absolute atomic E-state index is 11.3. The van der Waals surface area contributed by atoms with Crippen molar-refractivity contribution in [3.05, 3.63) is 11.8 Å². The first-order chi connectivity index (χ1) is 9.25. The summed E-state index contributed by atoms with van der Waals surface area (Å²) in [6.45, 7) is 4.07. The van der Waals surface area contributed by atoms with Crippen molar-refractivity contribution in [2.75, 3.05) is 20.8 Å². The van der Waals surface area contributed by atoms with Crippen LogP contribution in [-0.2, 0) is 33.3 Å². The molecule has 0 saturated heterocycles. The van der Waals surface area contributed by atoms with Crippen LogP contribution in [0.3, 0.4) is 0 Å². The van der Waals surface area contributed by atoms with E-state index in [0.29, 0.717) is 0 Å². The zero-order chi connectivity index (χ0) is 15.8. The number of rotatable bonds is 7. The second-order valence-corrected chi connectivity index (χ2v) is 4.15. The Morgan fingerprint density at radius 2 is 1.65 bits per heavy atom. The number of methoxy groups -OCH3 is 2. The predicted octanol–water partition coefficient (Wildman–Crippen LogP) is 0.965. The number of carbonyl (C=O) groups is 3. The van der Waals surface area contributed by atoms with Crippen molar-refractivity contribution in [3.8, 4) is 0 Å². The van der Waals surface area contributed by atoms with Gasteiger partial charge in [0.15, 0.2) is 5.60 Å². The summed E-state index contributed by atoms with van der Waals surface area (Å²) in [5.41, 5.74) is -1.23. The Balaban J connectivity index is 5.16. The summed E-state index contributed by atoms with van der Waals surface area (Å²) < 4.78 is 19.6. The van der Waals surface area contributed by atoms with Gasteiger partial charge in [-0.2, -0.15) is 0 Å². The number of hydrogen-bond donors (Lipinski definition) is 0. The van der Waals surface area contributed by atoms with E-state index in [4.69, 9.17) is 14.2 Å². The van der Waals surface area contributed by atoms with Crippen molar-refractivity contribution in [2.24, 2.45) is 0 Å². The van der Waals surface area contributed by atoms with E-state index in [0.717, 1.165) is 6.08 Å². The SMILES string of the molecule is COC(=O)/C=C(\OC)C(C)(CCOC(C)=O)OC(C)=O. The Hall–Kier alpha value is -2.05. The molecule has 0 aromatic carbocycles. The average Bonchev–Trinajstić information content (AvgIpc) is 2.33. The Bertz CT molecular complexity index is 400. The van der Waals surface area contributed by atoms with Gasteiger partial charge in [0.2, 0.25) is 0 Å². The molecule has 1 unspecified atom stereocenters. The van der Waals surface area contributed by atoms with Gasteiger partial charge in [0.05, 0.1) is 26.9 Å². The summed E-state index contributed by atoms with van der Waals surface area (Å²) in [6.07, 6.45) is 1.22. The van der Waals surface area contributed by atoms with E-state index in [-0.39, 0.29) is 18.8 Å². The lowest BCUT2D eigenvalue weighted by atomic mass is 9.99. The van der Waals surface area contributed by atoms with Gasteiger partial charge >= 0.3 is 17.9 Å². The van der Waals surface area contributed by atoms with Crippen LogP contribution in [0.15, 0.2) is 11.8 Å². The van der Waals surface area contributed by atoms with Crippen LogP contribution < -0.4 is 0 Å². The molecule has 0 aliphatic carbocycles. The quantitative estimate of drug-likeness (QED) is 0.298. The van der Waals surface area contributed by atoms with E-state index in [9.17, 15) is 14.4 Å². The molecule has 0 aliphatic rings. The Labute approximate surface area is 117 Å². The van der Waals surface area contributed by atoms with Crippen LogP contribution in [0, 0.1) is 0 Å². The highest BCUT2D eigenvalue weighted by atomic mass is 16.6. The third-order valence-electron chi connectivity index (χ3n) is 2.44. The van der Waals surface area contributed by atoms with E-state index < -0.39 is 23.5 Å². The number of carbonyl (C=O) groups excluding carboxylic acids is 3. The molecule has 0 saturated carbocycles. The molecule has 0 heterocycles. The molecule has 0 radical (unpaired) electrons. The predicted molar refractivity (Wildman–Crippen MR) is 68.5 cm³/mol. The lowest BCUT2D eigenvalue weighted by Crippen LogP contribution is -2.36. The summed E-state index contributed by atoms with van der Waals surface area (Å²) in [7, 11) is 2.55. The summed E-state index contributed by atoms with van der Waals surface area (Å²) >= 11 is 0. The summed E-state index contributed by atoms with van der Waals surface area (Å²) in [6, 6.07) is 0. The Kier molecular flexibility index (Phi) is 7.35. The molecule has 0 aromatic heterocycles. The largest absolute Gasteiger partial charge is 0.497 e. The van der Waals surface area contributed by atoms with Crippen molar-refractivity contribution >= 4 is 17.9 Å². The van der Waals surface area contributed by atoms with Crippen LogP contribution >= 0.6 is 0 Å². The van der Waals surface area contributed by atoms with E-state index >= 15 is 0 Å². The third-order valence-corrected chi connectivity index (χ3v) is 2.44. The van der Waals surface area contributed by atoms with Gasteiger partial charge in [-0.25, -0.2) is 4.79 Å². The molecule has 7 heteroatoms. The van der Waals surface area contributed by atoms with Crippen molar-refractivity contribution in [2.45, 2.75) is 32.8 Å². The zero-order valence-electron chi connectivity index (χ0n) is 12.3. The van der Waals surface area contributed by atoms with Crippen molar-refractivity contribution in [1.82, 2.24) is 0 Å². The highest BCUT2D eigenvalue weighted by molar-refractivity contribution is 5.82. The third kappa shape index (κ3) is 6.21. The van der Waals surface area contributed by atoms with Gasteiger partial charge in [-0.05, 0) is 6.92 Å². The molecule has 7 nitrogen and oxygen atoms in total. The highest BCUT2D eigenvalue weighted by Crippen LogP contribution is 2.26. The fourth-order valence-corrected chi connectivity index (χ4v) is 1.52. The second kappa shape index (κ2) is 8.19. The lowest BCUT2D eigenvalue weighted by molar-refractivity contribution is -0.158. The minimum absolute atomic E-state index is 0.0149. The molecule has 114 valence electrons. The first-order valence-corrected chi connectivity index (χ1v) is 5.92. The van der Waals surface area contributed by atoms with E-state index in [1.54, 1.807) is 6.92 Å². The molecule has 0 fully saturated rings. The zero-order valence-corrected chi connectivity index (χ0v) is 12.3. The molecule has 0 spiro atoms. The van der Waals surface area contributed by atoms with Gasteiger partial charge in [0, 0.05) is 20.3 Å². The van der Waals surface area contributed by atoms with Crippen LogP contribution in [0.4, 0.5) is 0 Å². The van der Waals surface area contributed by atoms with Crippen LogP contribution in [0.5, 0.6) is 0 Å². The van der Waals surface area contributed by atoms with Crippen LogP contribution in [-0.4, -0.2) is 44.3 Å². The minimum atomic E-state index is -1.23. The Morgan fingerprint density at radius 1 is 1.05 bits per heavy atom. The van der Waals surface area contributed by atoms with Gasteiger partial charge in [-0.15, -0.1) is 0 Å². The van der Waals surface area contributed by atoms with Gasteiger partial charge in [-0.1, -0.05) is 0 Å². The van der Waals surface area contributed by atoms with Crippen molar-refractivity contribution < 1.29 is 33.3 Å². The van der Waals surface area contributed by atoms with Crippen LogP contribution in [0.1, 0.15) is 27.2 Å². The normalized spacial score (nSPS) is 13.9. The summed E-state index contributed by atoms with van der Waals surface area (Å²) in [5, 5.41) is 0. The van der Waals surface area contributed by atoms with E-state index in [2.05, 4.69) is 4.74 Å². The van der Waals surface area contributed by atoms with Gasteiger partial charge in [-0.3, -0.25) is 9.59 Å². The molecule has 0 bridgehead atoms. The van der Waals surface area contributed by atoms with Crippen molar-refractivity contribution in [3.63, 3.8) is 0 Å². The minimum Gasteiger partial charge on any atom is -0.497 e. The fourth-order valence-electron chi connectivity index (χ4n) is 1.52. The topological polar surface area (TPSA) is 88.1 Å². The Morgan fingerprint density at radius 3 is 2.05 bits per heavy atom. The van der Waals surface area contributed by atoms with Crippen molar-refractivity contribution in [1.29, 1.82) is 0 Å². The van der Waals surface area contributed by atoms with E-state index in [1.165, 1.54) is 28.1 Å². The highest BCUT2D eigenvalue weighted by Gasteiger charge is 2.35. The average molecular weight is 288 g/mol. The van der Waals surface area contributed by atoms with Crippen LogP contribution in [0.25, 0.3) is 0 Å². The second-order valence-electron chi connectivity index (χ2n) is 4.15. The van der Waals surface area contributed by atoms with E-state index in [1.807, 2.05) is 0 Å². The molecule has 0 rings (SSSR count). The fraction of sp³-hybridized carbons (Fsp3) is 0.615. The summed E-state index contributed by atoms with van der Waals surface area (Å²) in [4.78, 5) is 33.3. The first-order valence-electron chi connectivity index (χ1n) is 5.92. The monoisotopic (exact) mass is 288 g/mol. The standard InChI is InChI=1S/C13H20O7/c1-9(14)19-7-6-13(3,20-10(2)15)11(17-4)8-12(16)18-5/h8H,6-7H2,1-5H3/b11-8-. The molecule has 1 atom stereocenters. The first kappa shape index (κ1) is 17.9. The molecular weight excluding hydrogens is 268 g/mol. The molecule has 20 heavy (non-hydrogen) atoms.